The molecule has 106 valence electrons. The van der Waals surface area contributed by atoms with Crippen molar-refractivity contribution in [3.8, 4) is 0 Å². The highest BCUT2D eigenvalue weighted by atomic mass is 16.3. The predicted molar refractivity (Wildman–Crippen MR) is 73.4 cm³/mol. The number of aliphatic hydroxyl groups excluding tert-OH is 1. The summed E-state index contributed by atoms with van der Waals surface area (Å²) in [6.07, 6.45) is 4.65. The SMILES string of the molecule is CC1CCC(NC(=O)CN(CCO)C(C)C)CC1. The van der Waals surface area contributed by atoms with E-state index in [4.69, 9.17) is 5.11 Å². The summed E-state index contributed by atoms with van der Waals surface area (Å²) in [6, 6.07) is 0.645. The minimum atomic E-state index is 0.0942. The second kappa shape index (κ2) is 7.74. The summed E-state index contributed by atoms with van der Waals surface area (Å²) < 4.78 is 0. The Balaban J connectivity index is 2.31. The van der Waals surface area contributed by atoms with E-state index < -0.39 is 0 Å². The average molecular weight is 256 g/mol. The van der Waals surface area contributed by atoms with Gasteiger partial charge in [0.05, 0.1) is 13.2 Å². The third-order valence-electron chi connectivity index (χ3n) is 3.85. The number of aliphatic hydroxyl groups is 1. The van der Waals surface area contributed by atoms with Crippen molar-refractivity contribution in [3.05, 3.63) is 0 Å². The first-order chi connectivity index (χ1) is 8.52. The van der Waals surface area contributed by atoms with E-state index in [2.05, 4.69) is 12.2 Å². The summed E-state index contributed by atoms with van der Waals surface area (Å²) in [4.78, 5) is 13.9. The normalized spacial score (nSPS) is 24.6. The first-order valence-corrected chi connectivity index (χ1v) is 7.17. The number of rotatable bonds is 6. The van der Waals surface area contributed by atoms with Crippen LogP contribution in [0.25, 0.3) is 0 Å². The van der Waals surface area contributed by atoms with E-state index in [1.807, 2.05) is 18.7 Å². The summed E-state index contributed by atoms with van der Waals surface area (Å²) >= 11 is 0. The Morgan fingerprint density at radius 2 is 1.94 bits per heavy atom. The van der Waals surface area contributed by atoms with Crippen molar-refractivity contribution in [3.63, 3.8) is 0 Å². The third kappa shape index (κ3) is 5.36. The van der Waals surface area contributed by atoms with Crippen LogP contribution < -0.4 is 5.32 Å². The number of nitrogens with one attached hydrogen (secondary N) is 1. The van der Waals surface area contributed by atoms with Gasteiger partial charge in [-0.1, -0.05) is 6.92 Å². The molecule has 1 aliphatic carbocycles. The highest BCUT2D eigenvalue weighted by Gasteiger charge is 2.21. The maximum Gasteiger partial charge on any atom is 0.234 e. The molecule has 0 radical (unpaired) electrons. The van der Waals surface area contributed by atoms with Gasteiger partial charge in [0.25, 0.3) is 0 Å². The molecule has 1 amide bonds. The van der Waals surface area contributed by atoms with Gasteiger partial charge in [-0.15, -0.1) is 0 Å². The largest absolute Gasteiger partial charge is 0.395 e. The van der Waals surface area contributed by atoms with Gasteiger partial charge in [0.1, 0.15) is 0 Å². The van der Waals surface area contributed by atoms with Gasteiger partial charge in [-0.05, 0) is 45.4 Å². The third-order valence-corrected chi connectivity index (χ3v) is 3.85. The molecule has 0 aromatic rings. The number of amides is 1. The average Bonchev–Trinajstić information content (AvgIpc) is 2.31. The molecule has 0 bridgehead atoms. The lowest BCUT2D eigenvalue weighted by molar-refractivity contribution is -0.123. The minimum absolute atomic E-state index is 0.0942. The van der Waals surface area contributed by atoms with Crippen molar-refractivity contribution >= 4 is 5.91 Å². The van der Waals surface area contributed by atoms with E-state index in [0.29, 0.717) is 19.1 Å². The fraction of sp³-hybridized carbons (Fsp3) is 0.929. The molecule has 1 aliphatic rings. The molecule has 0 aliphatic heterocycles. The van der Waals surface area contributed by atoms with E-state index in [1.165, 1.54) is 12.8 Å². The fourth-order valence-corrected chi connectivity index (χ4v) is 2.51. The quantitative estimate of drug-likeness (QED) is 0.755. The Morgan fingerprint density at radius 3 is 2.44 bits per heavy atom. The molecule has 18 heavy (non-hydrogen) atoms. The monoisotopic (exact) mass is 256 g/mol. The molecule has 1 saturated carbocycles. The highest BCUT2D eigenvalue weighted by molar-refractivity contribution is 5.78. The van der Waals surface area contributed by atoms with Crippen molar-refractivity contribution in [2.24, 2.45) is 5.92 Å². The second-order valence-corrected chi connectivity index (χ2v) is 5.81. The van der Waals surface area contributed by atoms with Gasteiger partial charge in [-0.3, -0.25) is 9.69 Å². The lowest BCUT2D eigenvalue weighted by atomic mass is 9.87. The van der Waals surface area contributed by atoms with Gasteiger partial charge in [0.2, 0.25) is 5.91 Å². The van der Waals surface area contributed by atoms with Crippen LogP contribution in [0.2, 0.25) is 0 Å². The van der Waals surface area contributed by atoms with Crippen molar-refractivity contribution in [1.82, 2.24) is 10.2 Å². The van der Waals surface area contributed by atoms with E-state index in [1.54, 1.807) is 0 Å². The van der Waals surface area contributed by atoms with Crippen LogP contribution in [-0.4, -0.2) is 47.7 Å². The number of hydrogen-bond acceptors (Lipinski definition) is 3. The lowest BCUT2D eigenvalue weighted by Crippen LogP contribution is -2.46. The predicted octanol–water partition coefficient (Wildman–Crippen LogP) is 1.38. The summed E-state index contributed by atoms with van der Waals surface area (Å²) in [6.45, 7) is 7.43. The molecule has 0 unspecified atom stereocenters. The molecule has 1 rings (SSSR count). The Kier molecular flexibility index (Phi) is 6.65. The van der Waals surface area contributed by atoms with Gasteiger partial charge < -0.3 is 10.4 Å². The molecule has 0 saturated heterocycles. The number of hydrogen-bond donors (Lipinski definition) is 2. The topological polar surface area (TPSA) is 52.6 Å². The lowest BCUT2D eigenvalue weighted by Gasteiger charge is -2.29. The molecular weight excluding hydrogens is 228 g/mol. The molecule has 4 heteroatoms. The Morgan fingerprint density at radius 1 is 1.33 bits per heavy atom. The van der Waals surface area contributed by atoms with E-state index >= 15 is 0 Å². The number of carbonyl (C=O) groups is 1. The maximum absolute atomic E-state index is 11.9. The number of carbonyl (C=O) groups excluding carboxylic acids is 1. The first-order valence-electron chi connectivity index (χ1n) is 7.17. The molecule has 2 N–H and O–H groups in total. The van der Waals surface area contributed by atoms with Gasteiger partial charge in [0, 0.05) is 18.6 Å². The molecular formula is C14H28N2O2. The van der Waals surface area contributed by atoms with E-state index in [9.17, 15) is 4.79 Å². The van der Waals surface area contributed by atoms with E-state index in [0.717, 1.165) is 18.8 Å². The van der Waals surface area contributed by atoms with Gasteiger partial charge in [0.15, 0.2) is 0 Å². The van der Waals surface area contributed by atoms with Crippen molar-refractivity contribution in [1.29, 1.82) is 0 Å². The van der Waals surface area contributed by atoms with Crippen LogP contribution in [0.15, 0.2) is 0 Å². The first kappa shape index (κ1) is 15.4. The van der Waals surface area contributed by atoms with Crippen molar-refractivity contribution in [2.75, 3.05) is 19.7 Å². The van der Waals surface area contributed by atoms with Crippen molar-refractivity contribution in [2.45, 2.75) is 58.5 Å². The van der Waals surface area contributed by atoms with Crippen LogP contribution in [0.1, 0.15) is 46.5 Å². The van der Waals surface area contributed by atoms with Gasteiger partial charge >= 0.3 is 0 Å². The standard InChI is InChI=1S/C14H28N2O2/c1-11(2)16(8-9-17)10-14(18)15-13-6-4-12(3)5-7-13/h11-13,17H,4-10H2,1-3H3,(H,15,18). The Hall–Kier alpha value is -0.610. The summed E-state index contributed by atoms with van der Waals surface area (Å²) in [5.74, 6) is 0.899. The zero-order valence-electron chi connectivity index (χ0n) is 12.0. The van der Waals surface area contributed by atoms with Crippen LogP contribution in [-0.2, 0) is 4.79 Å². The van der Waals surface area contributed by atoms with Crippen LogP contribution in [0, 0.1) is 5.92 Å². The zero-order valence-corrected chi connectivity index (χ0v) is 12.0. The Labute approximate surface area is 111 Å². The molecule has 4 nitrogen and oxygen atoms in total. The molecule has 0 atom stereocenters. The molecule has 1 fully saturated rings. The molecule has 0 heterocycles. The van der Waals surface area contributed by atoms with Crippen LogP contribution >= 0.6 is 0 Å². The summed E-state index contributed by atoms with van der Waals surface area (Å²) in [5, 5.41) is 12.1. The van der Waals surface area contributed by atoms with Crippen molar-refractivity contribution < 1.29 is 9.90 Å². The summed E-state index contributed by atoms with van der Waals surface area (Å²) in [7, 11) is 0. The molecule has 0 aromatic carbocycles. The summed E-state index contributed by atoms with van der Waals surface area (Å²) in [5.41, 5.74) is 0. The maximum atomic E-state index is 11.9. The fourth-order valence-electron chi connectivity index (χ4n) is 2.51. The minimum Gasteiger partial charge on any atom is -0.395 e. The second-order valence-electron chi connectivity index (χ2n) is 5.81. The Bertz CT molecular complexity index is 248. The molecule has 0 spiro atoms. The zero-order chi connectivity index (χ0) is 13.5. The van der Waals surface area contributed by atoms with Gasteiger partial charge in [-0.25, -0.2) is 0 Å². The van der Waals surface area contributed by atoms with Gasteiger partial charge in [-0.2, -0.15) is 0 Å². The van der Waals surface area contributed by atoms with Crippen LogP contribution in [0.5, 0.6) is 0 Å². The van der Waals surface area contributed by atoms with Crippen LogP contribution in [0.3, 0.4) is 0 Å². The van der Waals surface area contributed by atoms with Crippen LogP contribution in [0.4, 0.5) is 0 Å². The van der Waals surface area contributed by atoms with E-state index in [-0.39, 0.29) is 18.6 Å². The molecule has 0 aromatic heterocycles. The smallest absolute Gasteiger partial charge is 0.234 e. The highest BCUT2D eigenvalue weighted by Crippen LogP contribution is 2.23. The number of nitrogens with zero attached hydrogens (tertiary/aromatic N) is 1.